The number of nitro groups is 1. The lowest BCUT2D eigenvalue weighted by atomic mass is 10.1. The maximum atomic E-state index is 12.7. The molecule has 1 atom stereocenters. The number of hydrogen-bond donors (Lipinski definition) is 1. The Balaban J connectivity index is 3.31. The molecule has 1 rings (SSSR count). The van der Waals surface area contributed by atoms with Crippen LogP contribution in [0.3, 0.4) is 0 Å². The SMILES string of the molecule is N#C[C@@H](N)c1cc(F)ccc1[N+](=O)[O-]. The van der Waals surface area contributed by atoms with Gasteiger partial charge < -0.3 is 5.73 Å². The Morgan fingerprint density at radius 2 is 2.29 bits per heavy atom. The van der Waals surface area contributed by atoms with Gasteiger partial charge in [0.15, 0.2) is 0 Å². The summed E-state index contributed by atoms with van der Waals surface area (Å²) in [5.74, 6) is -0.656. The van der Waals surface area contributed by atoms with Gasteiger partial charge in [0, 0.05) is 6.07 Å². The quantitative estimate of drug-likeness (QED) is 0.567. The lowest BCUT2D eigenvalue weighted by Gasteiger charge is -2.03. The number of nitro benzene ring substituents is 1. The van der Waals surface area contributed by atoms with Crippen molar-refractivity contribution < 1.29 is 9.31 Å². The minimum absolute atomic E-state index is 0.113. The molecule has 0 saturated heterocycles. The molecule has 0 heterocycles. The van der Waals surface area contributed by atoms with Crippen LogP contribution in [0.2, 0.25) is 0 Å². The molecule has 0 aliphatic carbocycles. The van der Waals surface area contributed by atoms with Crippen molar-refractivity contribution in [2.24, 2.45) is 5.73 Å². The summed E-state index contributed by atoms with van der Waals surface area (Å²) in [5.41, 5.74) is 4.81. The fourth-order valence-corrected chi connectivity index (χ4v) is 1.01. The molecule has 0 unspecified atom stereocenters. The smallest absolute Gasteiger partial charge is 0.275 e. The summed E-state index contributed by atoms with van der Waals surface area (Å²) in [6.45, 7) is 0. The van der Waals surface area contributed by atoms with Crippen molar-refractivity contribution in [2.75, 3.05) is 0 Å². The Bertz CT molecular complexity index is 414. The highest BCUT2D eigenvalue weighted by molar-refractivity contribution is 5.44. The van der Waals surface area contributed by atoms with Crippen LogP contribution in [0.1, 0.15) is 11.6 Å². The summed E-state index contributed by atoms with van der Waals surface area (Å²) in [5, 5.41) is 18.9. The highest BCUT2D eigenvalue weighted by Gasteiger charge is 2.19. The second-order valence-electron chi connectivity index (χ2n) is 2.57. The number of nitriles is 1. The number of rotatable bonds is 2. The summed E-state index contributed by atoms with van der Waals surface area (Å²) in [4.78, 5) is 9.77. The monoisotopic (exact) mass is 195 g/mol. The molecular formula is C8H6FN3O2. The molecule has 0 amide bonds. The van der Waals surface area contributed by atoms with Crippen LogP contribution in [0.15, 0.2) is 18.2 Å². The van der Waals surface area contributed by atoms with E-state index in [4.69, 9.17) is 11.0 Å². The third kappa shape index (κ3) is 1.84. The summed E-state index contributed by atoms with van der Waals surface area (Å²) in [6, 6.07) is 3.25. The van der Waals surface area contributed by atoms with Crippen LogP contribution >= 0.6 is 0 Å². The molecule has 0 saturated carbocycles. The number of benzene rings is 1. The predicted octanol–water partition coefficient (Wildman–Crippen LogP) is 1.26. The first-order valence-corrected chi connectivity index (χ1v) is 3.65. The zero-order valence-electron chi connectivity index (χ0n) is 6.98. The molecule has 0 bridgehead atoms. The topological polar surface area (TPSA) is 93.0 Å². The first-order valence-electron chi connectivity index (χ1n) is 3.65. The summed E-state index contributed by atoms with van der Waals surface area (Å²) in [7, 11) is 0. The molecule has 0 spiro atoms. The first kappa shape index (κ1) is 10.1. The van der Waals surface area contributed by atoms with Crippen LogP contribution in [-0.2, 0) is 0 Å². The average Bonchev–Trinajstić information content (AvgIpc) is 2.16. The van der Waals surface area contributed by atoms with Gasteiger partial charge in [-0.2, -0.15) is 5.26 Å². The maximum Gasteiger partial charge on any atom is 0.275 e. The second-order valence-corrected chi connectivity index (χ2v) is 2.57. The molecule has 1 aromatic rings. The molecular weight excluding hydrogens is 189 g/mol. The van der Waals surface area contributed by atoms with Crippen molar-refractivity contribution in [2.45, 2.75) is 6.04 Å². The predicted molar refractivity (Wildman–Crippen MR) is 45.6 cm³/mol. The molecule has 0 aliphatic heterocycles. The van der Waals surface area contributed by atoms with Crippen molar-refractivity contribution in [3.05, 3.63) is 39.7 Å². The van der Waals surface area contributed by atoms with Gasteiger partial charge in [0.05, 0.1) is 16.6 Å². The highest BCUT2D eigenvalue weighted by atomic mass is 19.1. The molecule has 0 aliphatic rings. The number of nitrogens with zero attached hydrogens (tertiary/aromatic N) is 2. The summed E-state index contributed by atoms with van der Waals surface area (Å²) in [6.07, 6.45) is 0. The van der Waals surface area contributed by atoms with Crippen LogP contribution in [0.5, 0.6) is 0 Å². The molecule has 0 radical (unpaired) electrons. The zero-order chi connectivity index (χ0) is 10.7. The van der Waals surface area contributed by atoms with Gasteiger partial charge in [-0.3, -0.25) is 10.1 Å². The molecule has 0 fully saturated rings. The van der Waals surface area contributed by atoms with Crippen LogP contribution in [0.25, 0.3) is 0 Å². The lowest BCUT2D eigenvalue weighted by molar-refractivity contribution is -0.385. The standard InChI is InChI=1S/C8H6FN3O2/c9-5-1-2-8(12(13)14)6(3-5)7(11)4-10/h1-3,7H,11H2/t7-/m1/s1. The molecule has 72 valence electrons. The summed E-state index contributed by atoms with van der Waals surface area (Å²) >= 11 is 0. The van der Waals surface area contributed by atoms with E-state index in [0.717, 1.165) is 18.2 Å². The van der Waals surface area contributed by atoms with Gasteiger partial charge in [0.2, 0.25) is 0 Å². The van der Waals surface area contributed by atoms with Gasteiger partial charge in [0.25, 0.3) is 5.69 Å². The third-order valence-corrected chi connectivity index (χ3v) is 1.66. The molecule has 1 aromatic carbocycles. The van der Waals surface area contributed by atoms with E-state index in [1.807, 2.05) is 0 Å². The number of hydrogen-bond acceptors (Lipinski definition) is 4. The van der Waals surface area contributed by atoms with E-state index < -0.39 is 16.8 Å². The Hall–Kier alpha value is -2.00. The fraction of sp³-hybridized carbons (Fsp3) is 0.125. The maximum absolute atomic E-state index is 12.7. The third-order valence-electron chi connectivity index (χ3n) is 1.66. The van der Waals surface area contributed by atoms with Gasteiger partial charge in [-0.25, -0.2) is 4.39 Å². The Morgan fingerprint density at radius 1 is 1.64 bits per heavy atom. The van der Waals surface area contributed by atoms with Gasteiger partial charge in [-0.1, -0.05) is 0 Å². The Morgan fingerprint density at radius 3 is 2.79 bits per heavy atom. The van der Waals surface area contributed by atoms with Gasteiger partial charge in [-0.15, -0.1) is 0 Å². The molecule has 5 nitrogen and oxygen atoms in total. The van der Waals surface area contributed by atoms with E-state index in [1.54, 1.807) is 6.07 Å². The van der Waals surface area contributed by atoms with Crippen LogP contribution in [0.4, 0.5) is 10.1 Å². The number of nitrogens with two attached hydrogens (primary N) is 1. The van der Waals surface area contributed by atoms with Crippen molar-refractivity contribution in [1.82, 2.24) is 0 Å². The lowest BCUT2D eigenvalue weighted by Crippen LogP contribution is -2.10. The highest BCUT2D eigenvalue weighted by Crippen LogP contribution is 2.23. The minimum atomic E-state index is -1.19. The normalized spacial score (nSPS) is 11.8. The van der Waals surface area contributed by atoms with E-state index in [-0.39, 0.29) is 11.3 Å². The number of halogens is 1. The molecule has 14 heavy (non-hydrogen) atoms. The van der Waals surface area contributed by atoms with Crippen molar-refractivity contribution in [3.8, 4) is 6.07 Å². The van der Waals surface area contributed by atoms with Gasteiger partial charge in [-0.05, 0) is 12.1 Å². The average molecular weight is 195 g/mol. The van der Waals surface area contributed by atoms with E-state index in [0.29, 0.717) is 0 Å². The molecule has 0 aromatic heterocycles. The molecule has 2 N–H and O–H groups in total. The Labute approximate surface area is 78.7 Å². The Kier molecular flexibility index (Phi) is 2.74. The van der Waals surface area contributed by atoms with E-state index in [9.17, 15) is 14.5 Å². The minimum Gasteiger partial charge on any atom is -0.312 e. The van der Waals surface area contributed by atoms with Crippen molar-refractivity contribution in [3.63, 3.8) is 0 Å². The van der Waals surface area contributed by atoms with Crippen molar-refractivity contribution >= 4 is 5.69 Å². The van der Waals surface area contributed by atoms with Crippen molar-refractivity contribution in [1.29, 1.82) is 5.26 Å². The van der Waals surface area contributed by atoms with Crippen LogP contribution < -0.4 is 5.73 Å². The molecule has 6 heteroatoms. The van der Waals surface area contributed by atoms with Crippen LogP contribution in [-0.4, -0.2) is 4.92 Å². The first-order chi connectivity index (χ1) is 6.56. The van der Waals surface area contributed by atoms with Crippen LogP contribution in [0, 0.1) is 27.3 Å². The van der Waals surface area contributed by atoms with E-state index >= 15 is 0 Å². The second kappa shape index (κ2) is 3.81. The van der Waals surface area contributed by atoms with Gasteiger partial charge >= 0.3 is 0 Å². The van der Waals surface area contributed by atoms with Gasteiger partial charge in [0.1, 0.15) is 11.9 Å². The largest absolute Gasteiger partial charge is 0.312 e. The summed E-state index contributed by atoms with van der Waals surface area (Å²) < 4.78 is 12.7. The van der Waals surface area contributed by atoms with E-state index in [2.05, 4.69) is 0 Å². The fourth-order valence-electron chi connectivity index (χ4n) is 1.01. The van der Waals surface area contributed by atoms with E-state index in [1.165, 1.54) is 0 Å². The zero-order valence-corrected chi connectivity index (χ0v) is 6.98.